The number of hydrogen-bond acceptors (Lipinski definition) is 2. The Morgan fingerprint density at radius 2 is 2.00 bits per heavy atom. The van der Waals surface area contributed by atoms with Gasteiger partial charge in [0.25, 0.3) is 10.2 Å². The van der Waals surface area contributed by atoms with Gasteiger partial charge in [-0.05, 0) is 25.0 Å². The molecule has 1 heterocycles. The smallest absolute Gasteiger partial charge is 0.207 e. The van der Waals surface area contributed by atoms with E-state index < -0.39 is 16.0 Å². The Morgan fingerprint density at radius 3 is 2.58 bits per heavy atom. The predicted octanol–water partition coefficient (Wildman–Crippen LogP) is 2.25. The fourth-order valence-electron chi connectivity index (χ4n) is 2.10. The van der Waals surface area contributed by atoms with E-state index in [1.165, 1.54) is 23.5 Å². The zero-order valence-corrected chi connectivity index (χ0v) is 12.2. The van der Waals surface area contributed by atoms with Gasteiger partial charge in [-0.1, -0.05) is 17.7 Å². The van der Waals surface area contributed by atoms with E-state index in [0.29, 0.717) is 13.1 Å². The van der Waals surface area contributed by atoms with Gasteiger partial charge >= 0.3 is 0 Å². The highest BCUT2D eigenvalue weighted by Crippen LogP contribution is 2.23. The van der Waals surface area contributed by atoms with Crippen molar-refractivity contribution in [3.63, 3.8) is 0 Å². The molecule has 1 aliphatic rings. The van der Waals surface area contributed by atoms with Crippen LogP contribution in [0.25, 0.3) is 0 Å². The Kier molecular flexibility index (Phi) is 4.45. The van der Waals surface area contributed by atoms with E-state index in [2.05, 4.69) is 0 Å². The highest BCUT2D eigenvalue weighted by Gasteiger charge is 2.30. The van der Waals surface area contributed by atoms with Crippen LogP contribution in [0.1, 0.15) is 18.4 Å². The maximum absolute atomic E-state index is 13.7. The van der Waals surface area contributed by atoms with Crippen molar-refractivity contribution >= 4 is 21.8 Å². The molecule has 4 nitrogen and oxygen atoms in total. The third-order valence-electron chi connectivity index (χ3n) is 3.23. The molecule has 1 aliphatic heterocycles. The van der Waals surface area contributed by atoms with Crippen LogP contribution in [0.5, 0.6) is 0 Å². The summed E-state index contributed by atoms with van der Waals surface area (Å²) in [5, 5.41) is 0.239. The molecular weight excluding hydrogens is 291 g/mol. The average Bonchev–Trinajstić information content (AvgIpc) is 2.88. The van der Waals surface area contributed by atoms with Gasteiger partial charge in [0.15, 0.2) is 0 Å². The van der Waals surface area contributed by atoms with Gasteiger partial charge in [0, 0.05) is 37.3 Å². The van der Waals surface area contributed by atoms with Crippen LogP contribution >= 0.6 is 11.6 Å². The highest BCUT2D eigenvalue weighted by atomic mass is 35.5. The van der Waals surface area contributed by atoms with Crippen LogP contribution in [0, 0.1) is 5.82 Å². The lowest BCUT2D eigenvalue weighted by Crippen LogP contribution is -2.40. The molecule has 7 heteroatoms. The van der Waals surface area contributed by atoms with Crippen LogP contribution in [0.4, 0.5) is 4.39 Å². The fraction of sp³-hybridized carbons (Fsp3) is 0.500. The summed E-state index contributed by atoms with van der Waals surface area (Å²) in [4.78, 5) is 0. The first-order valence-corrected chi connectivity index (χ1v) is 7.84. The molecule has 0 unspecified atom stereocenters. The van der Waals surface area contributed by atoms with Crippen LogP contribution in [0.2, 0.25) is 5.02 Å². The predicted molar refractivity (Wildman–Crippen MR) is 72.6 cm³/mol. The van der Waals surface area contributed by atoms with Crippen LogP contribution in [-0.4, -0.2) is 37.2 Å². The zero-order valence-electron chi connectivity index (χ0n) is 10.6. The number of rotatable bonds is 4. The van der Waals surface area contributed by atoms with E-state index in [1.54, 1.807) is 6.07 Å². The second kappa shape index (κ2) is 5.75. The minimum Gasteiger partial charge on any atom is -0.207 e. The monoisotopic (exact) mass is 306 g/mol. The van der Waals surface area contributed by atoms with E-state index >= 15 is 0 Å². The number of benzene rings is 1. The highest BCUT2D eigenvalue weighted by molar-refractivity contribution is 7.86. The molecule has 0 aliphatic carbocycles. The Bertz CT molecular complexity index is 539. The molecule has 1 aromatic rings. The normalized spacial score (nSPS) is 17.3. The van der Waals surface area contributed by atoms with E-state index in [4.69, 9.17) is 11.6 Å². The zero-order chi connectivity index (χ0) is 14.0. The van der Waals surface area contributed by atoms with Crippen molar-refractivity contribution in [2.75, 3.05) is 20.1 Å². The number of nitrogens with zero attached hydrogens (tertiary/aromatic N) is 2. The molecule has 0 atom stereocenters. The van der Waals surface area contributed by atoms with Crippen LogP contribution in [-0.2, 0) is 16.8 Å². The summed E-state index contributed by atoms with van der Waals surface area (Å²) in [6.07, 6.45) is 1.74. The lowest BCUT2D eigenvalue weighted by Gasteiger charge is -2.24. The Hall–Kier alpha value is -0.690. The van der Waals surface area contributed by atoms with Crippen molar-refractivity contribution in [2.45, 2.75) is 19.4 Å². The first-order chi connectivity index (χ1) is 8.93. The topological polar surface area (TPSA) is 40.6 Å². The summed E-state index contributed by atoms with van der Waals surface area (Å²) in [5.41, 5.74) is 0.203. The van der Waals surface area contributed by atoms with Crippen LogP contribution < -0.4 is 0 Å². The lowest BCUT2D eigenvalue weighted by atomic mass is 10.2. The molecule has 1 saturated heterocycles. The van der Waals surface area contributed by atoms with Crippen molar-refractivity contribution in [2.24, 2.45) is 0 Å². The maximum Gasteiger partial charge on any atom is 0.282 e. The van der Waals surface area contributed by atoms with E-state index in [0.717, 1.165) is 17.1 Å². The van der Waals surface area contributed by atoms with Crippen molar-refractivity contribution in [1.29, 1.82) is 0 Å². The van der Waals surface area contributed by atoms with Gasteiger partial charge in [-0.15, -0.1) is 0 Å². The molecule has 0 N–H and O–H groups in total. The van der Waals surface area contributed by atoms with E-state index in [1.807, 2.05) is 0 Å². The van der Waals surface area contributed by atoms with E-state index in [9.17, 15) is 12.8 Å². The van der Waals surface area contributed by atoms with E-state index in [-0.39, 0.29) is 17.1 Å². The summed E-state index contributed by atoms with van der Waals surface area (Å²) in [6, 6.07) is 4.32. The Balaban J connectivity index is 2.19. The second-order valence-electron chi connectivity index (χ2n) is 4.57. The maximum atomic E-state index is 13.7. The summed E-state index contributed by atoms with van der Waals surface area (Å²) < 4.78 is 40.7. The molecule has 106 valence electrons. The molecule has 1 fully saturated rings. The quantitative estimate of drug-likeness (QED) is 0.856. The minimum absolute atomic E-state index is 0.0651. The Labute approximate surface area is 117 Å². The number of hydrogen-bond donors (Lipinski definition) is 0. The van der Waals surface area contributed by atoms with Crippen molar-refractivity contribution in [3.05, 3.63) is 34.6 Å². The van der Waals surface area contributed by atoms with Crippen molar-refractivity contribution < 1.29 is 12.8 Å². The minimum atomic E-state index is -3.53. The molecule has 0 saturated carbocycles. The van der Waals surface area contributed by atoms with Gasteiger partial charge < -0.3 is 0 Å². The first-order valence-electron chi connectivity index (χ1n) is 6.07. The third-order valence-corrected chi connectivity index (χ3v) is 5.52. The first kappa shape index (κ1) is 14.7. The van der Waals surface area contributed by atoms with Gasteiger partial charge in [0.2, 0.25) is 0 Å². The summed E-state index contributed by atoms with van der Waals surface area (Å²) in [6.45, 7) is 0.986. The second-order valence-corrected chi connectivity index (χ2v) is 7.01. The summed E-state index contributed by atoms with van der Waals surface area (Å²) >= 11 is 5.91. The molecule has 19 heavy (non-hydrogen) atoms. The average molecular weight is 307 g/mol. The largest absolute Gasteiger partial charge is 0.282 e. The SMILES string of the molecule is CN(Cc1c(F)cccc1Cl)S(=O)(=O)N1CCCC1. The van der Waals surface area contributed by atoms with Crippen molar-refractivity contribution in [1.82, 2.24) is 8.61 Å². The molecule has 1 aromatic carbocycles. The van der Waals surface area contributed by atoms with Gasteiger partial charge in [-0.3, -0.25) is 0 Å². The summed E-state index contributed by atoms with van der Waals surface area (Å²) in [7, 11) is -2.09. The summed E-state index contributed by atoms with van der Waals surface area (Å²) in [5.74, 6) is -0.490. The van der Waals surface area contributed by atoms with Crippen molar-refractivity contribution in [3.8, 4) is 0 Å². The van der Waals surface area contributed by atoms with Gasteiger partial charge in [-0.2, -0.15) is 17.0 Å². The standard InChI is InChI=1S/C12H16ClFN2O2S/c1-15(19(17,18)16-7-2-3-8-16)9-10-11(13)5-4-6-12(10)14/h4-6H,2-3,7-9H2,1H3. The van der Waals surface area contributed by atoms with Gasteiger partial charge in [-0.25, -0.2) is 4.39 Å². The third kappa shape index (κ3) is 3.08. The molecule has 0 radical (unpaired) electrons. The fourth-order valence-corrected chi connectivity index (χ4v) is 3.73. The molecule has 0 bridgehead atoms. The molecule has 0 amide bonds. The van der Waals surface area contributed by atoms with Gasteiger partial charge in [0.05, 0.1) is 0 Å². The number of halogens is 2. The molecular formula is C12H16ClFN2O2S. The lowest BCUT2D eigenvalue weighted by molar-refractivity contribution is 0.388. The Morgan fingerprint density at radius 1 is 1.37 bits per heavy atom. The van der Waals surface area contributed by atoms with Crippen LogP contribution in [0.15, 0.2) is 18.2 Å². The molecule has 0 aromatic heterocycles. The molecule has 0 spiro atoms. The molecule has 2 rings (SSSR count). The van der Waals surface area contributed by atoms with Crippen LogP contribution in [0.3, 0.4) is 0 Å². The van der Waals surface area contributed by atoms with Gasteiger partial charge in [0.1, 0.15) is 5.82 Å².